The summed E-state index contributed by atoms with van der Waals surface area (Å²) in [5.41, 5.74) is 1.25. The SMILES string of the molecule is COC1CN(C(C)c2ccc(O)cc2)CCC1C. The van der Waals surface area contributed by atoms with Crippen LogP contribution in [0.4, 0.5) is 0 Å². The molecule has 3 nitrogen and oxygen atoms in total. The zero-order chi connectivity index (χ0) is 13.1. The summed E-state index contributed by atoms with van der Waals surface area (Å²) in [6.07, 6.45) is 1.51. The van der Waals surface area contributed by atoms with Crippen LogP contribution in [-0.2, 0) is 4.74 Å². The largest absolute Gasteiger partial charge is 0.508 e. The molecule has 1 aromatic rings. The van der Waals surface area contributed by atoms with Gasteiger partial charge in [-0.05, 0) is 43.5 Å². The average Bonchev–Trinajstić information content (AvgIpc) is 2.39. The van der Waals surface area contributed by atoms with E-state index in [4.69, 9.17) is 4.74 Å². The number of hydrogen-bond acceptors (Lipinski definition) is 3. The van der Waals surface area contributed by atoms with Gasteiger partial charge in [0.15, 0.2) is 0 Å². The van der Waals surface area contributed by atoms with Crippen LogP contribution in [0.25, 0.3) is 0 Å². The van der Waals surface area contributed by atoms with E-state index < -0.39 is 0 Å². The summed E-state index contributed by atoms with van der Waals surface area (Å²) >= 11 is 0. The minimum absolute atomic E-state index is 0.327. The second-order valence-corrected chi connectivity index (χ2v) is 5.30. The fraction of sp³-hybridized carbons (Fsp3) is 0.600. The molecule has 1 saturated heterocycles. The summed E-state index contributed by atoms with van der Waals surface area (Å²) in [4.78, 5) is 2.46. The molecule has 0 aliphatic carbocycles. The third kappa shape index (κ3) is 2.85. The van der Waals surface area contributed by atoms with E-state index in [0.29, 0.717) is 23.8 Å². The van der Waals surface area contributed by atoms with Crippen molar-refractivity contribution in [3.05, 3.63) is 29.8 Å². The average molecular weight is 249 g/mol. The van der Waals surface area contributed by atoms with Crippen molar-refractivity contribution in [1.82, 2.24) is 4.90 Å². The van der Waals surface area contributed by atoms with E-state index in [1.807, 2.05) is 12.1 Å². The summed E-state index contributed by atoms with van der Waals surface area (Å²) in [6.45, 7) is 6.58. The summed E-state index contributed by atoms with van der Waals surface area (Å²) in [5, 5.41) is 9.33. The number of benzene rings is 1. The smallest absolute Gasteiger partial charge is 0.115 e. The minimum atomic E-state index is 0.327. The lowest BCUT2D eigenvalue weighted by molar-refractivity contribution is -0.0170. The predicted octanol–water partition coefficient (Wildman–Crippen LogP) is 2.81. The fourth-order valence-electron chi connectivity index (χ4n) is 2.68. The van der Waals surface area contributed by atoms with E-state index in [1.165, 1.54) is 12.0 Å². The summed E-state index contributed by atoms with van der Waals surface area (Å²) in [5.74, 6) is 0.964. The Labute approximate surface area is 109 Å². The van der Waals surface area contributed by atoms with E-state index in [0.717, 1.165) is 13.1 Å². The van der Waals surface area contributed by atoms with Crippen molar-refractivity contribution in [2.45, 2.75) is 32.4 Å². The third-order valence-electron chi connectivity index (χ3n) is 4.15. The molecule has 3 unspecified atom stereocenters. The lowest BCUT2D eigenvalue weighted by Gasteiger charge is -2.39. The zero-order valence-corrected chi connectivity index (χ0v) is 11.5. The molecule has 1 aliphatic rings. The van der Waals surface area contributed by atoms with Crippen LogP contribution >= 0.6 is 0 Å². The van der Waals surface area contributed by atoms with Crippen molar-refractivity contribution in [1.29, 1.82) is 0 Å². The minimum Gasteiger partial charge on any atom is -0.508 e. The molecule has 0 bridgehead atoms. The highest BCUT2D eigenvalue weighted by Gasteiger charge is 2.28. The number of ether oxygens (including phenoxy) is 1. The Balaban J connectivity index is 2.05. The van der Waals surface area contributed by atoms with E-state index in [2.05, 4.69) is 18.7 Å². The van der Waals surface area contributed by atoms with Gasteiger partial charge in [0.1, 0.15) is 5.75 Å². The van der Waals surface area contributed by atoms with Gasteiger partial charge in [0.05, 0.1) is 6.10 Å². The highest BCUT2D eigenvalue weighted by atomic mass is 16.5. The Morgan fingerprint density at radius 1 is 1.33 bits per heavy atom. The Morgan fingerprint density at radius 3 is 2.61 bits per heavy atom. The second-order valence-electron chi connectivity index (χ2n) is 5.30. The number of methoxy groups -OCH3 is 1. The highest BCUT2D eigenvalue weighted by Crippen LogP contribution is 2.28. The molecule has 3 heteroatoms. The Morgan fingerprint density at radius 2 is 2.00 bits per heavy atom. The van der Waals surface area contributed by atoms with Crippen molar-refractivity contribution in [3.8, 4) is 5.75 Å². The molecular formula is C15H23NO2. The highest BCUT2D eigenvalue weighted by molar-refractivity contribution is 5.27. The quantitative estimate of drug-likeness (QED) is 0.894. The molecule has 1 aromatic carbocycles. The first-order chi connectivity index (χ1) is 8.61. The number of phenolic OH excluding ortho intramolecular Hbond substituents is 1. The molecule has 1 heterocycles. The summed E-state index contributed by atoms with van der Waals surface area (Å²) in [6, 6.07) is 7.88. The summed E-state index contributed by atoms with van der Waals surface area (Å²) < 4.78 is 5.56. The molecule has 1 N–H and O–H groups in total. The van der Waals surface area contributed by atoms with Crippen molar-refractivity contribution >= 4 is 0 Å². The van der Waals surface area contributed by atoms with Crippen LogP contribution in [0.3, 0.4) is 0 Å². The van der Waals surface area contributed by atoms with Crippen LogP contribution in [-0.4, -0.2) is 36.3 Å². The van der Waals surface area contributed by atoms with Crippen molar-refractivity contribution in [2.24, 2.45) is 5.92 Å². The molecule has 1 aliphatic heterocycles. The van der Waals surface area contributed by atoms with Crippen LogP contribution in [0.1, 0.15) is 31.9 Å². The normalized spacial score (nSPS) is 27.1. The lowest BCUT2D eigenvalue weighted by Crippen LogP contribution is -2.44. The maximum atomic E-state index is 9.33. The number of rotatable bonds is 3. The second kappa shape index (κ2) is 5.72. The van der Waals surface area contributed by atoms with Gasteiger partial charge in [0, 0.05) is 19.7 Å². The molecular weight excluding hydrogens is 226 g/mol. The predicted molar refractivity (Wildman–Crippen MR) is 72.7 cm³/mol. The van der Waals surface area contributed by atoms with Gasteiger partial charge in [0.25, 0.3) is 0 Å². The van der Waals surface area contributed by atoms with Crippen LogP contribution < -0.4 is 0 Å². The van der Waals surface area contributed by atoms with Crippen LogP contribution in [0.2, 0.25) is 0 Å². The number of likely N-dealkylation sites (tertiary alicyclic amines) is 1. The third-order valence-corrected chi connectivity index (χ3v) is 4.15. The maximum Gasteiger partial charge on any atom is 0.115 e. The van der Waals surface area contributed by atoms with Crippen molar-refractivity contribution < 1.29 is 9.84 Å². The van der Waals surface area contributed by atoms with Gasteiger partial charge in [-0.15, -0.1) is 0 Å². The van der Waals surface area contributed by atoms with Gasteiger partial charge in [0.2, 0.25) is 0 Å². The first kappa shape index (κ1) is 13.4. The van der Waals surface area contributed by atoms with Crippen molar-refractivity contribution in [3.63, 3.8) is 0 Å². The van der Waals surface area contributed by atoms with E-state index in [-0.39, 0.29) is 0 Å². The van der Waals surface area contributed by atoms with E-state index in [9.17, 15) is 5.11 Å². The van der Waals surface area contributed by atoms with Gasteiger partial charge in [-0.3, -0.25) is 4.90 Å². The standard InChI is InChI=1S/C15H23NO2/c1-11-8-9-16(10-15(11)18-3)12(2)13-4-6-14(17)7-5-13/h4-7,11-12,15,17H,8-10H2,1-3H3. The molecule has 0 radical (unpaired) electrons. The molecule has 3 atom stereocenters. The Kier molecular flexibility index (Phi) is 4.25. The van der Waals surface area contributed by atoms with Gasteiger partial charge in [-0.25, -0.2) is 0 Å². The first-order valence-corrected chi connectivity index (χ1v) is 6.67. The molecule has 0 spiro atoms. The Bertz CT molecular complexity index is 377. The number of hydrogen-bond donors (Lipinski definition) is 1. The molecule has 100 valence electrons. The van der Waals surface area contributed by atoms with Gasteiger partial charge >= 0.3 is 0 Å². The van der Waals surface area contributed by atoms with Crippen LogP contribution in [0.5, 0.6) is 5.75 Å². The Hall–Kier alpha value is -1.06. The van der Waals surface area contributed by atoms with E-state index in [1.54, 1.807) is 19.2 Å². The monoisotopic (exact) mass is 249 g/mol. The molecule has 18 heavy (non-hydrogen) atoms. The van der Waals surface area contributed by atoms with Gasteiger partial charge < -0.3 is 9.84 Å². The molecule has 2 rings (SSSR count). The number of aromatic hydroxyl groups is 1. The molecule has 0 amide bonds. The topological polar surface area (TPSA) is 32.7 Å². The molecule has 0 saturated carbocycles. The van der Waals surface area contributed by atoms with Gasteiger partial charge in [-0.1, -0.05) is 19.1 Å². The first-order valence-electron chi connectivity index (χ1n) is 6.67. The number of nitrogens with zero attached hydrogens (tertiary/aromatic N) is 1. The zero-order valence-electron chi connectivity index (χ0n) is 11.5. The van der Waals surface area contributed by atoms with Crippen LogP contribution in [0, 0.1) is 5.92 Å². The molecule has 1 fully saturated rings. The summed E-state index contributed by atoms with van der Waals surface area (Å²) in [7, 11) is 1.80. The van der Waals surface area contributed by atoms with Crippen LogP contribution in [0.15, 0.2) is 24.3 Å². The van der Waals surface area contributed by atoms with Crippen molar-refractivity contribution in [2.75, 3.05) is 20.2 Å². The lowest BCUT2D eigenvalue weighted by atomic mass is 9.93. The number of piperidine rings is 1. The fourth-order valence-corrected chi connectivity index (χ4v) is 2.68. The maximum absolute atomic E-state index is 9.33. The number of phenols is 1. The molecule has 0 aromatic heterocycles. The van der Waals surface area contributed by atoms with Gasteiger partial charge in [-0.2, -0.15) is 0 Å². The van der Waals surface area contributed by atoms with E-state index >= 15 is 0 Å².